The highest BCUT2D eigenvalue weighted by Gasteiger charge is 2.22. The van der Waals surface area contributed by atoms with E-state index in [0.29, 0.717) is 25.6 Å². The minimum Gasteiger partial charge on any atom is -0.494 e. The first kappa shape index (κ1) is 30.9. The molecule has 2 aliphatic rings. The number of hydroxylamine groups is 1. The third-order valence-electron chi connectivity index (χ3n) is 8.05. The predicted octanol–water partition coefficient (Wildman–Crippen LogP) is 6.84. The van der Waals surface area contributed by atoms with E-state index in [4.69, 9.17) is 34.0 Å². The predicted molar refractivity (Wildman–Crippen MR) is 171 cm³/mol. The van der Waals surface area contributed by atoms with Gasteiger partial charge < -0.3 is 19.5 Å². The Morgan fingerprint density at radius 3 is 2.47 bits per heavy atom. The molecule has 0 saturated carbocycles. The molecule has 45 heavy (non-hydrogen) atoms. The van der Waals surface area contributed by atoms with Crippen LogP contribution >= 0.6 is 0 Å². The Morgan fingerprint density at radius 1 is 0.889 bits per heavy atom. The molecule has 1 amide bonds. The molecule has 2 unspecified atom stereocenters. The van der Waals surface area contributed by atoms with Gasteiger partial charge in [-0.25, -0.2) is 20.3 Å². The Morgan fingerprint density at radius 2 is 1.69 bits per heavy atom. The van der Waals surface area contributed by atoms with Crippen molar-refractivity contribution in [1.82, 2.24) is 25.0 Å². The van der Waals surface area contributed by atoms with Crippen LogP contribution < -0.4 is 15.5 Å². The molecule has 11 heteroatoms. The Hall–Kier alpha value is -4.06. The summed E-state index contributed by atoms with van der Waals surface area (Å²) in [6.45, 7) is 2.05. The van der Waals surface area contributed by atoms with Gasteiger partial charge in [0.1, 0.15) is 23.2 Å². The number of carbonyl (C=O) groups excluding carboxylic acids is 1. The smallest absolute Gasteiger partial charge is 0.243 e. The number of benzene rings is 2. The Bertz CT molecular complexity index is 1500. The third-order valence-corrected chi connectivity index (χ3v) is 8.05. The third kappa shape index (κ3) is 8.56. The van der Waals surface area contributed by atoms with Gasteiger partial charge in [-0.1, -0.05) is 43.2 Å². The number of amides is 1. The number of nitrogens with zero attached hydrogens (tertiary/aromatic N) is 4. The summed E-state index contributed by atoms with van der Waals surface area (Å²) >= 11 is 0. The van der Waals surface area contributed by atoms with Crippen LogP contribution in [0.5, 0.6) is 5.75 Å². The number of nitrogens with one attached hydrogen (secondary N) is 2. The van der Waals surface area contributed by atoms with Crippen LogP contribution in [-0.2, 0) is 19.1 Å². The van der Waals surface area contributed by atoms with E-state index in [-0.39, 0.29) is 18.4 Å². The zero-order valence-electron chi connectivity index (χ0n) is 25.7. The van der Waals surface area contributed by atoms with Crippen LogP contribution in [0.25, 0.3) is 22.4 Å². The molecule has 2 saturated heterocycles. The summed E-state index contributed by atoms with van der Waals surface area (Å²) in [5, 5.41) is 3.37. The van der Waals surface area contributed by atoms with Crippen molar-refractivity contribution in [3.05, 3.63) is 60.9 Å². The van der Waals surface area contributed by atoms with Crippen LogP contribution in [0.1, 0.15) is 76.9 Å². The zero-order chi connectivity index (χ0) is 30.7. The van der Waals surface area contributed by atoms with Crippen molar-refractivity contribution < 1.29 is 23.8 Å². The first-order chi connectivity index (χ1) is 22.2. The molecule has 0 bridgehead atoms. The molecule has 0 spiro atoms. The van der Waals surface area contributed by atoms with Gasteiger partial charge in [0.15, 0.2) is 11.9 Å². The van der Waals surface area contributed by atoms with Gasteiger partial charge in [-0.05, 0) is 69.2 Å². The molecule has 0 aliphatic carbocycles. The van der Waals surface area contributed by atoms with E-state index in [2.05, 4.69) is 10.8 Å². The van der Waals surface area contributed by atoms with E-state index in [1.807, 2.05) is 65.5 Å². The van der Waals surface area contributed by atoms with Gasteiger partial charge in [0.05, 0.1) is 12.9 Å². The van der Waals surface area contributed by atoms with Crippen LogP contribution in [0.15, 0.2) is 60.9 Å². The van der Waals surface area contributed by atoms with Gasteiger partial charge in [0.2, 0.25) is 11.9 Å². The highest BCUT2D eigenvalue weighted by Crippen LogP contribution is 2.31. The van der Waals surface area contributed by atoms with Gasteiger partial charge in [-0.3, -0.25) is 9.36 Å². The summed E-state index contributed by atoms with van der Waals surface area (Å²) in [6, 6.07) is 17.9. The van der Waals surface area contributed by atoms with Gasteiger partial charge in [-0.15, -0.1) is 0 Å². The van der Waals surface area contributed by atoms with Crippen molar-refractivity contribution in [2.45, 2.75) is 83.1 Å². The van der Waals surface area contributed by atoms with E-state index in [0.717, 1.165) is 105 Å². The van der Waals surface area contributed by atoms with Crippen LogP contribution in [0.4, 0.5) is 11.6 Å². The van der Waals surface area contributed by atoms with E-state index < -0.39 is 0 Å². The molecule has 2 N–H and O–H groups in total. The maximum Gasteiger partial charge on any atom is 0.243 e. The van der Waals surface area contributed by atoms with Crippen molar-refractivity contribution >= 4 is 28.7 Å². The van der Waals surface area contributed by atoms with E-state index in [1.54, 1.807) is 0 Å². The van der Waals surface area contributed by atoms with Gasteiger partial charge in [0.25, 0.3) is 0 Å². The first-order valence-corrected chi connectivity index (χ1v) is 16.2. The minimum atomic E-state index is -0.313. The highest BCUT2D eigenvalue weighted by molar-refractivity contribution is 5.88. The second-order valence-electron chi connectivity index (χ2n) is 11.5. The van der Waals surface area contributed by atoms with Crippen LogP contribution in [0.2, 0.25) is 0 Å². The number of rotatable bonds is 14. The SMILES string of the molecule is O=C(CCCCCCOc1ccc(Nc2nc(-c3ccccc3)c3ncn(C4CCCCO4)c3n2)cc1)NOC1CCCCO1. The second kappa shape index (κ2) is 15.8. The average Bonchev–Trinajstić information content (AvgIpc) is 3.52. The second-order valence-corrected chi connectivity index (χ2v) is 11.5. The molecule has 4 heterocycles. The fraction of sp³-hybridized carbons (Fsp3) is 0.471. The van der Waals surface area contributed by atoms with Crippen molar-refractivity contribution in [2.24, 2.45) is 0 Å². The van der Waals surface area contributed by atoms with E-state index in [9.17, 15) is 4.79 Å². The number of hydrogen-bond donors (Lipinski definition) is 2. The van der Waals surface area contributed by atoms with E-state index in [1.165, 1.54) is 0 Å². The lowest BCUT2D eigenvalue weighted by Gasteiger charge is -2.23. The first-order valence-electron chi connectivity index (χ1n) is 16.2. The van der Waals surface area contributed by atoms with Crippen molar-refractivity contribution in [1.29, 1.82) is 0 Å². The van der Waals surface area contributed by atoms with Gasteiger partial charge in [-0.2, -0.15) is 4.98 Å². The van der Waals surface area contributed by atoms with Crippen LogP contribution in [0.3, 0.4) is 0 Å². The fourth-order valence-electron chi connectivity index (χ4n) is 5.60. The number of anilines is 2. The normalized spacial score (nSPS) is 18.5. The molecule has 4 aromatic rings. The Labute approximate surface area is 263 Å². The zero-order valence-corrected chi connectivity index (χ0v) is 25.7. The Balaban J connectivity index is 0.985. The van der Waals surface area contributed by atoms with Crippen LogP contribution in [0, 0.1) is 0 Å². The number of ether oxygens (including phenoxy) is 3. The highest BCUT2D eigenvalue weighted by atomic mass is 16.8. The Kier molecular flexibility index (Phi) is 10.9. The molecule has 2 aromatic carbocycles. The van der Waals surface area contributed by atoms with Crippen molar-refractivity contribution in [2.75, 3.05) is 25.1 Å². The largest absolute Gasteiger partial charge is 0.494 e. The summed E-state index contributed by atoms with van der Waals surface area (Å²) in [5.74, 6) is 1.20. The monoisotopic (exact) mass is 614 g/mol. The molecule has 238 valence electrons. The molecular weight excluding hydrogens is 572 g/mol. The summed E-state index contributed by atoms with van der Waals surface area (Å²) in [7, 11) is 0. The maximum atomic E-state index is 12.0. The number of imidazole rings is 1. The van der Waals surface area contributed by atoms with Crippen molar-refractivity contribution in [3.8, 4) is 17.0 Å². The topological polar surface area (TPSA) is 122 Å². The standard InChI is InChI=1S/C34H42N6O5/c41-28(39-45-30-16-8-11-23-44-30)14-6-1-2-9-21-42-27-19-17-26(18-20-27)36-34-37-31(25-12-4-3-5-13-25)32-33(38-34)40(24-35-32)29-15-7-10-22-43-29/h3-5,12-13,17-20,24,29-30H,1-2,6-11,14-16,21-23H2,(H,39,41)(H,36,37,38). The summed E-state index contributed by atoms with van der Waals surface area (Å²) < 4.78 is 19.5. The number of aromatic nitrogens is 4. The quantitative estimate of drug-likeness (QED) is 0.116. The van der Waals surface area contributed by atoms with Gasteiger partial charge in [0, 0.05) is 37.3 Å². The molecule has 2 aromatic heterocycles. The number of unbranched alkanes of at least 4 members (excludes halogenated alkanes) is 3. The van der Waals surface area contributed by atoms with E-state index >= 15 is 0 Å². The fourth-order valence-corrected chi connectivity index (χ4v) is 5.60. The molecule has 2 atom stereocenters. The summed E-state index contributed by atoms with van der Waals surface area (Å²) in [5.41, 5.74) is 6.64. The summed E-state index contributed by atoms with van der Waals surface area (Å²) in [4.78, 5) is 31.7. The van der Waals surface area contributed by atoms with Crippen LogP contribution in [-0.4, -0.2) is 51.5 Å². The lowest BCUT2D eigenvalue weighted by Crippen LogP contribution is -2.32. The molecule has 2 aliphatic heterocycles. The van der Waals surface area contributed by atoms with Crippen molar-refractivity contribution in [3.63, 3.8) is 0 Å². The molecular formula is C34H42N6O5. The number of hydrogen-bond acceptors (Lipinski definition) is 9. The molecule has 6 rings (SSSR count). The molecule has 2 fully saturated rings. The summed E-state index contributed by atoms with van der Waals surface area (Å²) in [6.07, 6.45) is 11.6. The lowest BCUT2D eigenvalue weighted by molar-refractivity contribution is -0.200. The lowest BCUT2D eigenvalue weighted by atomic mass is 10.1. The maximum absolute atomic E-state index is 12.0. The minimum absolute atomic E-state index is 0.0767. The molecule has 11 nitrogen and oxygen atoms in total. The average molecular weight is 615 g/mol. The number of carbonyl (C=O) groups is 1. The number of fused-ring (bicyclic) bond motifs is 1. The van der Waals surface area contributed by atoms with Gasteiger partial charge >= 0.3 is 0 Å². The molecule has 0 radical (unpaired) electrons.